The van der Waals surface area contributed by atoms with Crippen molar-refractivity contribution in [3.8, 4) is 11.3 Å². The molecule has 2 atom stereocenters. The molecule has 140 valence electrons. The molecular formula is C22H24ClN3O. The molecule has 1 fully saturated rings. The van der Waals surface area contributed by atoms with E-state index in [1.807, 2.05) is 48.5 Å². The largest absolute Gasteiger partial charge is 0.351 e. The van der Waals surface area contributed by atoms with Gasteiger partial charge in [0.1, 0.15) is 12.2 Å². The third-order valence-electron chi connectivity index (χ3n) is 5.51. The first-order valence-corrected chi connectivity index (χ1v) is 10.0. The summed E-state index contributed by atoms with van der Waals surface area (Å²) < 4.78 is 1.79. The second-order valence-electron chi connectivity index (χ2n) is 7.47. The normalized spacial score (nSPS) is 19.9. The highest BCUT2D eigenvalue weighted by atomic mass is 35.5. The van der Waals surface area contributed by atoms with E-state index in [1.54, 1.807) is 4.68 Å². The Labute approximate surface area is 164 Å². The lowest BCUT2D eigenvalue weighted by atomic mass is 9.86. The molecule has 1 amide bonds. The summed E-state index contributed by atoms with van der Waals surface area (Å²) in [5.41, 5.74) is 2.79. The summed E-state index contributed by atoms with van der Waals surface area (Å²) in [5.74, 6) is 0.559. The highest BCUT2D eigenvalue weighted by Crippen LogP contribution is 2.30. The topological polar surface area (TPSA) is 46.9 Å². The second kappa shape index (κ2) is 7.73. The molecule has 0 unspecified atom stereocenters. The summed E-state index contributed by atoms with van der Waals surface area (Å²) >= 11 is 6.22. The van der Waals surface area contributed by atoms with Crippen molar-refractivity contribution in [1.29, 1.82) is 0 Å². The first kappa shape index (κ1) is 18.1. The average molecular weight is 382 g/mol. The Morgan fingerprint density at radius 3 is 2.74 bits per heavy atom. The van der Waals surface area contributed by atoms with Gasteiger partial charge in [0.25, 0.3) is 0 Å². The first-order valence-electron chi connectivity index (χ1n) is 9.62. The number of carbonyl (C=O) groups excluding carboxylic acids is 1. The molecule has 4 rings (SSSR count). The highest BCUT2D eigenvalue weighted by Gasteiger charge is 2.23. The maximum atomic E-state index is 12.7. The van der Waals surface area contributed by atoms with Crippen LogP contribution in [0, 0.1) is 5.92 Å². The van der Waals surface area contributed by atoms with Crippen LogP contribution < -0.4 is 5.32 Å². The fourth-order valence-electron chi connectivity index (χ4n) is 4.00. The average Bonchev–Trinajstić information content (AvgIpc) is 3.02. The van der Waals surface area contributed by atoms with Crippen LogP contribution in [-0.4, -0.2) is 21.7 Å². The zero-order valence-corrected chi connectivity index (χ0v) is 16.2. The van der Waals surface area contributed by atoms with Crippen molar-refractivity contribution in [2.75, 3.05) is 0 Å². The molecule has 0 spiro atoms. The molecule has 0 bridgehead atoms. The minimum Gasteiger partial charge on any atom is -0.351 e. The van der Waals surface area contributed by atoms with Crippen LogP contribution in [0.3, 0.4) is 0 Å². The zero-order chi connectivity index (χ0) is 18.8. The molecule has 1 aromatic heterocycles. The Balaban J connectivity index is 1.63. The van der Waals surface area contributed by atoms with Crippen molar-refractivity contribution in [3.63, 3.8) is 0 Å². The first-order chi connectivity index (χ1) is 13.1. The van der Waals surface area contributed by atoms with E-state index in [2.05, 4.69) is 12.2 Å². The summed E-state index contributed by atoms with van der Waals surface area (Å²) in [5, 5.41) is 9.60. The van der Waals surface area contributed by atoms with Crippen LogP contribution >= 0.6 is 11.6 Å². The standard InChI is InChI=1S/C22H24ClN3O/c1-15-7-5-6-10-19(15)24-21(27)14-26-20-12-11-17(23)13-18(20)22(25-26)16-8-3-2-4-9-16/h2-4,8-9,11-13,15,19H,5-7,10,14H2,1H3,(H,24,27)/t15-,19+/m1/s1. The van der Waals surface area contributed by atoms with E-state index < -0.39 is 0 Å². The zero-order valence-electron chi connectivity index (χ0n) is 15.5. The lowest BCUT2D eigenvalue weighted by Crippen LogP contribution is -2.42. The predicted octanol–water partition coefficient (Wildman–Crippen LogP) is 5.05. The molecule has 5 heteroatoms. The van der Waals surface area contributed by atoms with Gasteiger partial charge in [-0.15, -0.1) is 0 Å². The van der Waals surface area contributed by atoms with Crippen molar-refractivity contribution in [3.05, 3.63) is 53.6 Å². The molecule has 3 aromatic rings. The molecule has 1 aliphatic rings. The summed E-state index contributed by atoms with van der Waals surface area (Å²) in [6.07, 6.45) is 4.71. The number of aromatic nitrogens is 2. The van der Waals surface area contributed by atoms with Gasteiger partial charge >= 0.3 is 0 Å². The van der Waals surface area contributed by atoms with Crippen LogP contribution in [0.5, 0.6) is 0 Å². The second-order valence-corrected chi connectivity index (χ2v) is 7.91. The number of halogens is 1. The number of nitrogens with one attached hydrogen (secondary N) is 1. The molecule has 27 heavy (non-hydrogen) atoms. The number of hydrogen-bond donors (Lipinski definition) is 1. The molecule has 1 N–H and O–H groups in total. The Morgan fingerprint density at radius 2 is 1.96 bits per heavy atom. The van der Waals surface area contributed by atoms with Crippen LogP contribution in [0.15, 0.2) is 48.5 Å². The minimum atomic E-state index is 0.0210. The van der Waals surface area contributed by atoms with Gasteiger partial charge < -0.3 is 5.32 Å². The van der Waals surface area contributed by atoms with Gasteiger partial charge in [-0.3, -0.25) is 9.48 Å². The molecule has 1 aliphatic carbocycles. The van der Waals surface area contributed by atoms with Gasteiger partial charge in [-0.2, -0.15) is 5.10 Å². The lowest BCUT2D eigenvalue weighted by Gasteiger charge is -2.29. The van der Waals surface area contributed by atoms with E-state index in [1.165, 1.54) is 19.3 Å². The number of benzene rings is 2. The number of carbonyl (C=O) groups is 1. The number of nitrogens with zero attached hydrogens (tertiary/aromatic N) is 2. The lowest BCUT2D eigenvalue weighted by molar-refractivity contribution is -0.123. The van der Waals surface area contributed by atoms with E-state index in [0.29, 0.717) is 10.9 Å². The van der Waals surface area contributed by atoms with Gasteiger partial charge in [-0.05, 0) is 37.0 Å². The fraction of sp³-hybridized carbons (Fsp3) is 0.364. The van der Waals surface area contributed by atoms with Gasteiger partial charge in [0.05, 0.1) is 5.52 Å². The van der Waals surface area contributed by atoms with E-state index in [4.69, 9.17) is 16.7 Å². The van der Waals surface area contributed by atoms with Gasteiger partial charge in [-0.1, -0.05) is 61.7 Å². The van der Waals surface area contributed by atoms with Crippen molar-refractivity contribution >= 4 is 28.4 Å². The van der Waals surface area contributed by atoms with Crippen LogP contribution in [0.25, 0.3) is 22.2 Å². The fourth-order valence-corrected chi connectivity index (χ4v) is 4.17. The SMILES string of the molecule is C[C@@H]1CCCC[C@@H]1NC(=O)Cn1nc(-c2ccccc2)c2cc(Cl)ccc21. The van der Waals surface area contributed by atoms with Crippen molar-refractivity contribution in [2.24, 2.45) is 5.92 Å². The van der Waals surface area contributed by atoms with E-state index >= 15 is 0 Å². The van der Waals surface area contributed by atoms with E-state index in [0.717, 1.165) is 28.6 Å². The maximum absolute atomic E-state index is 12.7. The van der Waals surface area contributed by atoms with Crippen LogP contribution in [0.2, 0.25) is 5.02 Å². The summed E-state index contributed by atoms with van der Waals surface area (Å²) in [7, 11) is 0. The summed E-state index contributed by atoms with van der Waals surface area (Å²) in [6.45, 7) is 2.44. The quantitative estimate of drug-likeness (QED) is 0.687. The number of rotatable bonds is 4. The Morgan fingerprint density at radius 1 is 1.19 bits per heavy atom. The van der Waals surface area contributed by atoms with Gasteiger partial charge in [0.15, 0.2) is 0 Å². The molecule has 1 saturated carbocycles. The highest BCUT2D eigenvalue weighted by molar-refractivity contribution is 6.31. The third-order valence-corrected chi connectivity index (χ3v) is 5.75. The Kier molecular flexibility index (Phi) is 5.17. The van der Waals surface area contributed by atoms with Crippen LogP contribution in [-0.2, 0) is 11.3 Å². The molecule has 0 radical (unpaired) electrons. The van der Waals surface area contributed by atoms with E-state index in [9.17, 15) is 4.79 Å². The van der Waals surface area contributed by atoms with Gasteiger partial charge in [0.2, 0.25) is 5.91 Å². The minimum absolute atomic E-state index is 0.0210. The molecule has 0 aliphatic heterocycles. The molecule has 2 aromatic carbocycles. The van der Waals surface area contributed by atoms with Gasteiger partial charge in [0, 0.05) is 22.0 Å². The Hall–Kier alpha value is -2.33. The monoisotopic (exact) mass is 381 g/mol. The molecule has 0 saturated heterocycles. The Bertz CT molecular complexity index is 951. The predicted molar refractivity (Wildman–Crippen MR) is 110 cm³/mol. The maximum Gasteiger partial charge on any atom is 0.241 e. The van der Waals surface area contributed by atoms with Crippen LogP contribution in [0.4, 0.5) is 0 Å². The van der Waals surface area contributed by atoms with Crippen molar-refractivity contribution in [2.45, 2.75) is 45.2 Å². The molecule has 1 heterocycles. The van der Waals surface area contributed by atoms with Crippen molar-refractivity contribution in [1.82, 2.24) is 15.1 Å². The smallest absolute Gasteiger partial charge is 0.241 e. The van der Waals surface area contributed by atoms with Crippen LogP contribution in [0.1, 0.15) is 32.6 Å². The van der Waals surface area contributed by atoms with E-state index in [-0.39, 0.29) is 18.5 Å². The number of amides is 1. The number of hydrogen-bond acceptors (Lipinski definition) is 2. The van der Waals surface area contributed by atoms with Crippen molar-refractivity contribution < 1.29 is 4.79 Å². The third kappa shape index (κ3) is 3.86. The summed E-state index contributed by atoms with van der Waals surface area (Å²) in [4.78, 5) is 12.7. The van der Waals surface area contributed by atoms with Gasteiger partial charge in [-0.25, -0.2) is 0 Å². The molecule has 4 nitrogen and oxygen atoms in total. The molecular weight excluding hydrogens is 358 g/mol. The number of fused-ring (bicyclic) bond motifs is 1. The summed E-state index contributed by atoms with van der Waals surface area (Å²) in [6, 6.07) is 16.0.